The summed E-state index contributed by atoms with van der Waals surface area (Å²) in [5.74, 6) is 1.87. The van der Waals surface area contributed by atoms with E-state index in [0.717, 1.165) is 60.1 Å². The molecule has 6 heteroatoms. The molecule has 0 aliphatic carbocycles. The minimum atomic E-state index is 0.603. The topological polar surface area (TPSA) is 56.7 Å². The van der Waals surface area contributed by atoms with Crippen LogP contribution in [0.15, 0.2) is 186 Å². The van der Waals surface area contributed by atoms with Crippen LogP contribution in [0.25, 0.3) is 115 Å². The van der Waals surface area contributed by atoms with Crippen molar-refractivity contribution in [1.29, 1.82) is 0 Å². The Morgan fingerprint density at radius 1 is 0.404 bits per heavy atom. The molecule has 12 aromatic rings. The number of hydrogen-bond acceptors (Lipinski definition) is 5. The summed E-state index contributed by atoms with van der Waals surface area (Å²) in [5.41, 5.74) is 10.2. The van der Waals surface area contributed by atoms with Gasteiger partial charge in [0.1, 0.15) is 11.2 Å². The van der Waals surface area contributed by atoms with Gasteiger partial charge in [-0.25, -0.2) is 15.0 Å². The molecule has 0 saturated heterocycles. The summed E-state index contributed by atoms with van der Waals surface area (Å²) in [4.78, 5) is 15.6. The van der Waals surface area contributed by atoms with Gasteiger partial charge in [-0.15, -0.1) is 11.3 Å². The van der Waals surface area contributed by atoms with Gasteiger partial charge in [0.2, 0.25) is 0 Å². The van der Waals surface area contributed by atoms with E-state index in [1.165, 1.54) is 37.3 Å². The molecular formula is C51H30N4OS. The molecule has 0 bridgehead atoms. The molecule has 266 valence electrons. The first-order chi connectivity index (χ1) is 28.2. The van der Waals surface area contributed by atoms with Crippen LogP contribution in [0.4, 0.5) is 0 Å². The number of thiophene rings is 1. The molecule has 0 N–H and O–H groups in total. The lowest BCUT2D eigenvalue weighted by Crippen LogP contribution is -2.00. The third-order valence-electron chi connectivity index (χ3n) is 11.1. The number of para-hydroxylation sites is 2. The molecule has 0 atom stereocenters. The largest absolute Gasteiger partial charge is 0.456 e. The molecule has 4 aromatic heterocycles. The number of nitrogens with zero attached hydrogens (tertiary/aromatic N) is 4. The lowest BCUT2D eigenvalue weighted by molar-refractivity contribution is 0.669. The SMILES string of the molecule is c1ccc(-c2nc(-c3cccc4c3sc3ccccc34)nc(-c3cccc4oc5ccc(-c6ccc7c(c6)c6ccccc6n7-c6ccccc6)cc5c34)n2)cc1. The molecule has 0 amide bonds. The number of rotatable bonds is 5. The van der Waals surface area contributed by atoms with E-state index in [1.54, 1.807) is 11.3 Å². The van der Waals surface area contributed by atoms with Crippen LogP contribution >= 0.6 is 11.3 Å². The number of furan rings is 1. The Labute approximate surface area is 330 Å². The van der Waals surface area contributed by atoms with Crippen molar-refractivity contribution in [2.75, 3.05) is 0 Å². The Morgan fingerprint density at radius 2 is 1.04 bits per heavy atom. The van der Waals surface area contributed by atoms with Gasteiger partial charge in [-0.3, -0.25) is 0 Å². The van der Waals surface area contributed by atoms with E-state index in [9.17, 15) is 0 Å². The van der Waals surface area contributed by atoms with Crippen LogP contribution in [-0.2, 0) is 0 Å². The molecule has 0 spiro atoms. The van der Waals surface area contributed by atoms with Crippen molar-refractivity contribution in [3.8, 4) is 51.0 Å². The van der Waals surface area contributed by atoms with E-state index in [4.69, 9.17) is 19.4 Å². The quantitative estimate of drug-likeness (QED) is 0.176. The highest BCUT2D eigenvalue weighted by molar-refractivity contribution is 7.26. The maximum atomic E-state index is 6.53. The molecule has 0 unspecified atom stereocenters. The molecule has 0 fully saturated rings. The van der Waals surface area contributed by atoms with Gasteiger partial charge in [0.05, 0.1) is 11.0 Å². The normalized spacial score (nSPS) is 11.9. The second-order valence-corrected chi connectivity index (χ2v) is 15.4. The molecule has 57 heavy (non-hydrogen) atoms. The highest BCUT2D eigenvalue weighted by atomic mass is 32.1. The molecule has 4 heterocycles. The Morgan fingerprint density at radius 3 is 1.89 bits per heavy atom. The summed E-state index contributed by atoms with van der Waals surface area (Å²) in [6.45, 7) is 0. The Balaban J connectivity index is 1.05. The van der Waals surface area contributed by atoms with Crippen LogP contribution in [0.5, 0.6) is 0 Å². The van der Waals surface area contributed by atoms with Crippen LogP contribution in [-0.4, -0.2) is 19.5 Å². The number of benzene rings is 8. The smallest absolute Gasteiger partial charge is 0.165 e. The zero-order valence-corrected chi connectivity index (χ0v) is 31.2. The molecule has 0 radical (unpaired) electrons. The van der Waals surface area contributed by atoms with Crippen molar-refractivity contribution in [3.05, 3.63) is 182 Å². The van der Waals surface area contributed by atoms with Crippen LogP contribution in [0.1, 0.15) is 0 Å². The summed E-state index contributed by atoms with van der Waals surface area (Å²) in [6, 6.07) is 63.8. The fourth-order valence-electron chi connectivity index (χ4n) is 8.46. The summed E-state index contributed by atoms with van der Waals surface area (Å²) in [6.07, 6.45) is 0. The third kappa shape index (κ3) is 5.04. The summed E-state index contributed by atoms with van der Waals surface area (Å²) in [7, 11) is 0. The van der Waals surface area contributed by atoms with Gasteiger partial charge in [-0.2, -0.15) is 0 Å². The summed E-state index contributed by atoms with van der Waals surface area (Å²) in [5, 5.41) is 6.87. The van der Waals surface area contributed by atoms with Crippen LogP contribution in [0, 0.1) is 0 Å². The van der Waals surface area contributed by atoms with Crippen molar-refractivity contribution in [2.24, 2.45) is 0 Å². The molecule has 12 rings (SSSR count). The molecule has 8 aromatic carbocycles. The standard InChI is InChI=1S/C51H30N4OS/c1-3-13-31(14-4-1)49-52-50(54-51(53-49)39-21-11-19-37-36-18-8-10-24-46(36)57-48(37)39)38-20-12-23-45-47(38)41-30-33(26-28-44(41)56-45)32-25-27-43-40(29-32)35-17-7-9-22-42(35)55(43)34-15-5-2-6-16-34/h1-30H. The summed E-state index contributed by atoms with van der Waals surface area (Å²) >= 11 is 1.78. The van der Waals surface area contributed by atoms with Gasteiger partial charge in [-0.05, 0) is 71.8 Å². The zero-order valence-electron chi connectivity index (χ0n) is 30.4. The predicted octanol–water partition coefficient (Wildman–Crippen LogP) is 13.9. The van der Waals surface area contributed by atoms with E-state index in [2.05, 4.69) is 156 Å². The molecule has 5 nitrogen and oxygen atoms in total. The van der Waals surface area contributed by atoms with E-state index < -0.39 is 0 Å². The monoisotopic (exact) mass is 746 g/mol. The first-order valence-electron chi connectivity index (χ1n) is 19.0. The minimum Gasteiger partial charge on any atom is -0.456 e. The lowest BCUT2D eigenvalue weighted by atomic mass is 9.99. The van der Waals surface area contributed by atoms with Crippen LogP contribution in [0.2, 0.25) is 0 Å². The minimum absolute atomic E-state index is 0.603. The third-order valence-corrected chi connectivity index (χ3v) is 12.3. The molecule has 0 aliphatic rings. The van der Waals surface area contributed by atoms with E-state index in [0.29, 0.717) is 17.5 Å². The Hall–Kier alpha value is -7.41. The lowest BCUT2D eigenvalue weighted by Gasteiger charge is -2.10. The average molecular weight is 747 g/mol. The first kappa shape index (κ1) is 31.9. The maximum absolute atomic E-state index is 6.53. The highest BCUT2D eigenvalue weighted by Gasteiger charge is 2.21. The second-order valence-electron chi connectivity index (χ2n) is 14.4. The van der Waals surface area contributed by atoms with E-state index in [-0.39, 0.29) is 0 Å². The fraction of sp³-hybridized carbons (Fsp3) is 0. The van der Waals surface area contributed by atoms with Crippen molar-refractivity contribution in [2.45, 2.75) is 0 Å². The van der Waals surface area contributed by atoms with Gasteiger partial charge in [0.25, 0.3) is 0 Å². The maximum Gasteiger partial charge on any atom is 0.165 e. The van der Waals surface area contributed by atoms with Gasteiger partial charge in [-0.1, -0.05) is 121 Å². The fourth-order valence-corrected chi connectivity index (χ4v) is 9.67. The first-order valence-corrected chi connectivity index (χ1v) is 19.8. The Bertz CT molecular complexity index is 3530. The average Bonchev–Trinajstić information content (AvgIpc) is 3.96. The molecular weight excluding hydrogens is 717 g/mol. The Kier molecular flexibility index (Phi) is 7.03. The van der Waals surface area contributed by atoms with Crippen molar-refractivity contribution < 1.29 is 4.42 Å². The van der Waals surface area contributed by atoms with Gasteiger partial charge in [0.15, 0.2) is 17.5 Å². The van der Waals surface area contributed by atoms with Crippen molar-refractivity contribution >= 4 is 75.3 Å². The van der Waals surface area contributed by atoms with Gasteiger partial charge in [0, 0.05) is 64.1 Å². The van der Waals surface area contributed by atoms with E-state index >= 15 is 0 Å². The highest BCUT2D eigenvalue weighted by Crippen LogP contribution is 2.42. The second kappa shape index (κ2) is 12.6. The van der Waals surface area contributed by atoms with Gasteiger partial charge >= 0.3 is 0 Å². The zero-order chi connectivity index (χ0) is 37.5. The number of aromatic nitrogens is 4. The molecule has 0 saturated carbocycles. The number of hydrogen-bond donors (Lipinski definition) is 0. The van der Waals surface area contributed by atoms with Crippen LogP contribution in [0.3, 0.4) is 0 Å². The molecule has 0 aliphatic heterocycles. The van der Waals surface area contributed by atoms with Crippen molar-refractivity contribution in [1.82, 2.24) is 19.5 Å². The number of fused-ring (bicyclic) bond motifs is 9. The van der Waals surface area contributed by atoms with Gasteiger partial charge < -0.3 is 8.98 Å². The van der Waals surface area contributed by atoms with Crippen LogP contribution < -0.4 is 0 Å². The predicted molar refractivity (Wildman–Crippen MR) is 236 cm³/mol. The summed E-state index contributed by atoms with van der Waals surface area (Å²) < 4.78 is 11.3. The van der Waals surface area contributed by atoms with Crippen molar-refractivity contribution in [3.63, 3.8) is 0 Å². The van der Waals surface area contributed by atoms with E-state index in [1.807, 2.05) is 30.3 Å².